The summed E-state index contributed by atoms with van der Waals surface area (Å²) in [6, 6.07) is -1.16. The molecule has 5 amide bonds. The highest BCUT2D eigenvalue weighted by atomic mass is 19.4. The summed E-state index contributed by atoms with van der Waals surface area (Å²) >= 11 is 0. The zero-order chi connectivity index (χ0) is 86.7. The van der Waals surface area contributed by atoms with Crippen LogP contribution in [0.4, 0.5) is 38.2 Å². The van der Waals surface area contributed by atoms with E-state index in [9.17, 15) is 75.5 Å². The largest absolute Gasteiger partial charge is 0.481 e. The van der Waals surface area contributed by atoms with Crippen molar-refractivity contribution >= 4 is 47.4 Å². The van der Waals surface area contributed by atoms with Gasteiger partial charge < -0.3 is 139 Å². The molecule has 3 aromatic heterocycles. The number of carboxylic acid groups (broad SMARTS) is 1. The van der Waals surface area contributed by atoms with Gasteiger partial charge in [-0.3, -0.25) is 33.4 Å². The number of nitrogens with one attached hydrogen (secondary N) is 7. The van der Waals surface area contributed by atoms with Crippen molar-refractivity contribution in [3.05, 3.63) is 47.8 Å². The van der Waals surface area contributed by atoms with Gasteiger partial charge in [0.1, 0.15) is 48.0 Å². The molecule has 12 N–H and O–H groups in total. The number of hydrogen-bond acceptors (Lipinski definition) is 34. The number of carboxylic acids is 1. The lowest BCUT2D eigenvalue weighted by Gasteiger charge is -2.37. The van der Waals surface area contributed by atoms with Gasteiger partial charge in [-0.1, -0.05) is 11.6 Å². The molecule has 2 saturated heterocycles. The highest BCUT2D eigenvalue weighted by Gasteiger charge is 2.41. The first-order valence-electron chi connectivity index (χ1n) is 39.8. The van der Waals surface area contributed by atoms with Gasteiger partial charge in [0.25, 0.3) is 0 Å². The number of ether oxygens (including phenoxy) is 16. The van der Waals surface area contributed by atoms with Gasteiger partial charge >= 0.3 is 18.3 Å². The number of alkyl halides is 6. The number of aliphatic hydroxyl groups is 4. The number of amides is 5. The number of hydrogen-bond donors (Lipinski definition) is 12. The fraction of sp³-hybridized carbons (Fsp3) is 0.781. The molecule has 0 bridgehead atoms. The Morgan fingerprint density at radius 3 is 1.21 bits per heavy atom. The van der Waals surface area contributed by atoms with Crippen LogP contribution in [0.1, 0.15) is 81.3 Å². The van der Waals surface area contributed by atoms with Crippen molar-refractivity contribution < 1.29 is 156 Å². The summed E-state index contributed by atoms with van der Waals surface area (Å²) in [5.74, 6) is -2.97. The SMILES string of the molecule is O=C(O)CCNC(=O)CCOCCOCCOCCOCCNC(=O)CCCc1cn(CCCCCC(=O)NC(COCCC(=O)NCCOCCOCCOCCOC[C@H]2OC[C@H](Nc3nccc(C(F)(F)F)n3)[C@@H](O)[C@H]2O)COCCC(=O)NCCOCCOCCOCCOC[C@H]2OC[C@H](Nc3nccc(C(F)(F)F)n3)[C@@H](O)[C@H]2O)nn1. The third-order valence-corrected chi connectivity index (χ3v) is 17.2. The fourth-order valence-corrected chi connectivity index (χ4v) is 10.9. The quantitative estimate of drug-likeness (QED) is 0.0233. The number of aromatic nitrogens is 7. The van der Waals surface area contributed by atoms with Crippen molar-refractivity contribution in [3.8, 4) is 0 Å². The lowest BCUT2D eigenvalue weighted by atomic mass is 9.98. The maximum absolute atomic E-state index is 13.2. The Labute approximate surface area is 690 Å². The molecular weight excluding hydrogens is 1620 g/mol. The monoisotopic (exact) mass is 1740 g/mol. The molecule has 5 heterocycles. The Hall–Kier alpha value is -7.50. The second kappa shape index (κ2) is 62.6. The first kappa shape index (κ1) is 103. The van der Waals surface area contributed by atoms with Crippen LogP contribution in [0.3, 0.4) is 0 Å². The topological polar surface area (TPSA) is 518 Å². The van der Waals surface area contributed by atoms with Crippen LogP contribution in [0, 0.1) is 0 Å². The van der Waals surface area contributed by atoms with Crippen LogP contribution < -0.4 is 37.2 Å². The number of aliphatic hydroxyl groups excluding tert-OH is 4. The maximum atomic E-state index is 13.2. The summed E-state index contributed by atoms with van der Waals surface area (Å²) in [5.41, 5.74) is -1.59. The molecule has 5 rings (SSSR count). The average molecular weight is 1740 g/mol. The predicted molar refractivity (Wildman–Crippen MR) is 405 cm³/mol. The first-order valence-corrected chi connectivity index (χ1v) is 39.8. The smallest absolute Gasteiger partial charge is 0.433 e. The molecule has 3 aromatic rings. The first-order chi connectivity index (χ1) is 57.9. The standard InChI is InChI=1S/C73H118F6N14O27/c74-72(75,76)58-8-14-84-70(89-58)87-54-48-119-56(68(103)66(54)101)50-117-43-41-113-39-37-111-33-29-107-25-18-82-62(96)12-22-115-46-53(47-116-23-13-63(97)83-19-26-108-30-34-112-38-40-114-42-44-118-51-57-69(104)67(102)55(49-120-57)88-71-85-15-9-59(90-71)73(77,78)79)86-64(98)6-2-1-3-20-93-45-52(91-92-93)5-4-7-60(94)81-17-24-106-28-32-110-36-35-109-31-27-105-21-11-61(95)80-16-10-65(99)100/h8-9,14-15,45,53-57,66-69,101-104H,1-7,10-13,16-44,46-51H2,(H,80,95)(H,81,94)(H,82,96)(H,83,97)(H,86,98)(H,99,100)(H,84,87,89)(H,85,88,90)/t54-,55-,56+,57+,66+,67+,68-,69-/m0/s1. The Kier molecular flexibility index (Phi) is 53.7. The van der Waals surface area contributed by atoms with Crippen molar-refractivity contribution in [2.24, 2.45) is 0 Å². The molecule has 0 unspecified atom stereocenters. The predicted octanol–water partition coefficient (Wildman–Crippen LogP) is -1.19. The van der Waals surface area contributed by atoms with E-state index in [1.165, 1.54) is 0 Å². The van der Waals surface area contributed by atoms with Crippen LogP contribution in [0.2, 0.25) is 0 Å². The lowest BCUT2D eigenvalue weighted by Crippen LogP contribution is -2.57. The van der Waals surface area contributed by atoms with Crippen LogP contribution >= 0.6 is 0 Å². The maximum Gasteiger partial charge on any atom is 0.433 e. The van der Waals surface area contributed by atoms with Crippen LogP contribution in [0.15, 0.2) is 30.7 Å². The molecule has 684 valence electrons. The molecule has 0 spiro atoms. The van der Waals surface area contributed by atoms with Crippen LogP contribution in [0.25, 0.3) is 0 Å². The van der Waals surface area contributed by atoms with Crippen molar-refractivity contribution in [1.29, 1.82) is 0 Å². The lowest BCUT2D eigenvalue weighted by molar-refractivity contribution is -0.161. The molecule has 41 nitrogen and oxygen atoms in total. The second-order valence-electron chi connectivity index (χ2n) is 26.9. The van der Waals surface area contributed by atoms with E-state index < -0.39 is 84.5 Å². The molecule has 47 heteroatoms. The van der Waals surface area contributed by atoms with Crippen molar-refractivity contribution in [3.63, 3.8) is 0 Å². The molecule has 2 aliphatic heterocycles. The number of halogens is 6. The van der Waals surface area contributed by atoms with E-state index >= 15 is 0 Å². The van der Waals surface area contributed by atoms with Crippen molar-refractivity contribution in [1.82, 2.24) is 61.5 Å². The highest BCUT2D eigenvalue weighted by Crippen LogP contribution is 2.30. The van der Waals surface area contributed by atoms with Gasteiger partial charge in [0.05, 0.1) is 228 Å². The molecule has 120 heavy (non-hydrogen) atoms. The van der Waals surface area contributed by atoms with Crippen molar-refractivity contribution in [2.75, 3.05) is 235 Å². The van der Waals surface area contributed by atoms with E-state index in [1.807, 2.05) is 6.20 Å². The van der Waals surface area contributed by atoms with E-state index in [0.29, 0.717) is 104 Å². The second-order valence-corrected chi connectivity index (χ2v) is 26.9. The van der Waals surface area contributed by atoms with Gasteiger partial charge in [0.15, 0.2) is 0 Å². The minimum absolute atomic E-state index is 0.0105. The number of carbonyl (C=O) groups is 6. The minimum atomic E-state index is -4.69. The van der Waals surface area contributed by atoms with Gasteiger partial charge in [-0.15, -0.1) is 5.10 Å². The number of aliphatic carboxylic acids is 1. The number of unbranched alkanes of at least 4 members (excludes halogenated alkanes) is 2. The fourth-order valence-electron chi connectivity index (χ4n) is 10.9. The number of rotatable bonds is 71. The highest BCUT2D eigenvalue weighted by molar-refractivity contribution is 5.78. The summed E-state index contributed by atoms with van der Waals surface area (Å²) in [5, 5.41) is 78.2. The Morgan fingerprint density at radius 2 is 0.800 bits per heavy atom. The number of carbonyl (C=O) groups excluding carboxylic acids is 5. The van der Waals surface area contributed by atoms with E-state index in [4.69, 9.17) is 80.9 Å². The van der Waals surface area contributed by atoms with E-state index in [1.54, 1.807) is 4.68 Å². The molecule has 8 atom stereocenters. The molecule has 2 fully saturated rings. The van der Waals surface area contributed by atoms with Gasteiger partial charge in [0.2, 0.25) is 41.4 Å². The Balaban J connectivity index is 0.864. The zero-order valence-electron chi connectivity index (χ0n) is 67.2. The molecule has 0 saturated carbocycles. The van der Waals surface area contributed by atoms with E-state index in [0.717, 1.165) is 24.5 Å². The van der Waals surface area contributed by atoms with E-state index in [-0.39, 0.29) is 245 Å². The minimum Gasteiger partial charge on any atom is -0.481 e. The molecular formula is C73H118F6N14O27. The van der Waals surface area contributed by atoms with Crippen molar-refractivity contribution in [2.45, 2.75) is 144 Å². The van der Waals surface area contributed by atoms with Gasteiger partial charge in [-0.2, -0.15) is 26.3 Å². The van der Waals surface area contributed by atoms with Gasteiger partial charge in [0, 0.05) is 83.4 Å². The Bertz CT molecular complexity index is 3130. The summed E-state index contributed by atoms with van der Waals surface area (Å²) < 4.78 is 169. The summed E-state index contributed by atoms with van der Waals surface area (Å²) in [4.78, 5) is 87.3. The molecule has 0 radical (unpaired) electrons. The zero-order valence-corrected chi connectivity index (χ0v) is 67.2. The number of anilines is 2. The van der Waals surface area contributed by atoms with Crippen LogP contribution in [-0.4, -0.2) is 375 Å². The number of nitrogens with zero attached hydrogens (tertiary/aromatic N) is 7. The Morgan fingerprint density at radius 1 is 0.433 bits per heavy atom. The third kappa shape index (κ3) is 48.4. The third-order valence-electron chi connectivity index (χ3n) is 17.2. The molecule has 0 aromatic carbocycles. The van der Waals surface area contributed by atoms with Gasteiger partial charge in [-0.25, -0.2) is 19.9 Å². The summed E-state index contributed by atoms with van der Waals surface area (Å²) in [6.45, 7) is 6.56. The number of aryl methyl sites for hydroxylation is 2. The van der Waals surface area contributed by atoms with Crippen LogP contribution in [-0.2, 0) is 130 Å². The summed E-state index contributed by atoms with van der Waals surface area (Å²) in [6.07, 6.45) is -9.54. The molecule has 0 aliphatic carbocycles. The normalized spacial score (nSPS) is 18.2. The van der Waals surface area contributed by atoms with E-state index in [2.05, 4.69) is 67.5 Å². The van der Waals surface area contributed by atoms with Gasteiger partial charge in [-0.05, 0) is 37.8 Å². The van der Waals surface area contributed by atoms with Crippen LogP contribution in [0.5, 0.6) is 0 Å². The average Bonchev–Trinajstić information content (AvgIpc) is 0.851. The molecule has 2 aliphatic rings. The summed E-state index contributed by atoms with van der Waals surface area (Å²) in [7, 11) is 0.